The molecule has 3 fully saturated rings. The third kappa shape index (κ3) is 3.41. The fraction of sp³-hybridized carbons (Fsp3) is 0.882. The van der Waals surface area contributed by atoms with Crippen molar-refractivity contribution in [3.8, 4) is 0 Å². The van der Waals surface area contributed by atoms with Gasteiger partial charge in [0.1, 0.15) is 0 Å². The van der Waals surface area contributed by atoms with Crippen molar-refractivity contribution in [1.82, 2.24) is 9.80 Å². The predicted octanol–water partition coefficient (Wildman–Crippen LogP) is 2.57. The molecule has 0 aromatic carbocycles. The molecule has 1 aliphatic carbocycles. The number of fused-ring (bicyclic) bond motifs is 1. The standard InChI is InChI=1S/C17H28N2O2/c20-16-10-2-1-5-11-18(16)13-17(21)19-12-6-8-14-7-3-4-9-15(14)19/h14-15H,1-13H2. The summed E-state index contributed by atoms with van der Waals surface area (Å²) >= 11 is 0. The molecular formula is C17H28N2O2. The van der Waals surface area contributed by atoms with Crippen LogP contribution in [-0.2, 0) is 9.59 Å². The highest BCUT2D eigenvalue weighted by Crippen LogP contribution is 2.35. The fourth-order valence-corrected chi connectivity index (χ4v) is 4.39. The quantitative estimate of drug-likeness (QED) is 0.785. The molecule has 3 aliphatic rings. The zero-order chi connectivity index (χ0) is 14.7. The van der Waals surface area contributed by atoms with Crippen LogP contribution in [0, 0.1) is 5.92 Å². The van der Waals surface area contributed by atoms with Crippen LogP contribution in [0.2, 0.25) is 0 Å². The van der Waals surface area contributed by atoms with Crippen LogP contribution in [0.3, 0.4) is 0 Å². The number of amides is 2. The Labute approximate surface area is 127 Å². The van der Waals surface area contributed by atoms with E-state index in [2.05, 4.69) is 4.90 Å². The maximum atomic E-state index is 12.7. The van der Waals surface area contributed by atoms with Crippen LogP contribution >= 0.6 is 0 Å². The van der Waals surface area contributed by atoms with Gasteiger partial charge in [-0.05, 0) is 44.4 Å². The molecule has 2 saturated heterocycles. The van der Waals surface area contributed by atoms with E-state index in [0.29, 0.717) is 19.0 Å². The predicted molar refractivity (Wildman–Crippen MR) is 81.7 cm³/mol. The van der Waals surface area contributed by atoms with E-state index >= 15 is 0 Å². The van der Waals surface area contributed by atoms with Crippen LogP contribution in [0.15, 0.2) is 0 Å². The van der Waals surface area contributed by atoms with Gasteiger partial charge in [-0.3, -0.25) is 9.59 Å². The van der Waals surface area contributed by atoms with Gasteiger partial charge < -0.3 is 9.80 Å². The summed E-state index contributed by atoms with van der Waals surface area (Å²) in [7, 11) is 0. The Morgan fingerprint density at radius 3 is 2.67 bits per heavy atom. The van der Waals surface area contributed by atoms with E-state index in [1.165, 1.54) is 32.1 Å². The van der Waals surface area contributed by atoms with E-state index in [4.69, 9.17) is 0 Å². The molecule has 2 aliphatic heterocycles. The van der Waals surface area contributed by atoms with Crippen LogP contribution in [0.1, 0.15) is 64.2 Å². The molecule has 118 valence electrons. The van der Waals surface area contributed by atoms with Crippen molar-refractivity contribution >= 4 is 11.8 Å². The minimum atomic E-state index is 0.179. The van der Waals surface area contributed by atoms with E-state index in [0.717, 1.165) is 44.7 Å². The van der Waals surface area contributed by atoms with Gasteiger partial charge in [0, 0.05) is 25.6 Å². The lowest BCUT2D eigenvalue weighted by atomic mass is 9.78. The zero-order valence-electron chi connectivity index (χ0n) is 13.1. The summed E-state index contributed by atoms with van der Waals surface area (Å²) in [5, 5.41) is 0. The Balaban J connectivity index is 1.62. The number of piperidine rings is 1. The average molecular weight is 292 g/mol. The second kappa shape index (κ2) is 6.80. The number of rotatable bonds is 2. The summed E-state index contributed by atoms with van der Waals surface area (Å²) in [5.74, 6) is 1.09. The van der Waals surface area contributed by atoms with E-state index in [1.54, 1.807) is 0 Å². The summed E-state index contributed by atoms with van der Waals surface area (Å²) < 4.78 is 0. The van der Waals surface area contributed by atoms with Gasteiger partial charge in [-0.25, -0.2) is 0 Å². The van der Waals surface area contributed by atoms with Crippen molar-refractivity contribution in [3.63, 3.8) is 0 Å². The topological polar surface area (TPSA) is 40.6 Å². The van der Waals surface area contributed by atoms with Crippen LogP contribution < -0.4 is 0 Å². The molecule has 0 N–H and O–H groups in total. The monoisotopic (exact) mass is 292 g/mol. The molecule has 3 rings (SSSR count). The van der Waals surface area contributed by atoms with Gasteiger partial charge in [0.05, 0.1) is 6.54 Å². The minimum Gasteiger partial charge on any atom is -0.338 e. The maximum absolute atomic E-state index is 12.7. The van der Waals surface area contributed by atoms with Gasteiger partial charge in [0.15, 0.2) is 0 Å². The van der Waals surface area contributed by atoms with Gasteiger partial charge in [-0.2, -0.15) is 0 Å². The Bertz CT molecular complexity index is 394. The molecule has 0 spiro atoms. The molecule has 1 saturated carbocycles. The van der Waals surface area contributed by atoms with Crippen molar-refractivity contribution in [1.29, 1.82) is 0 Å². The molecule has 2 amide bonds. The van der Waals surface area contributed by atoms with Crippen molar-refractivity contribution in [2.45, 2.75) is 70.3 Å². The molecule has 4 nitrogen and oxygen atoms in total. The van der Waals surface area contributed by atoms with Gasteiger partial charge in [-0.15, -0.1) is 0 Å². The van der Waals surface area contributed by atoms with Crippen molar-refractivity contribution in [2.75, 3.05) is 19.6 Å². The van der Waals surface area contributed by atoms with Crippen molar-refractivity contribution in [2.24, 2.45) is 5.92 Å². The van der Waals surface area contributed by atoms with Crippen LogP contribution in [0.25, 0.3) is 0 Å². The molecule has 0 bridgehead atoms. The van der Waals surface area contributed by atoms with Gasteiger partial charge in [0.2, 0.25) is 11.8 Å². The highest BCUT2D eigenvalue weighted by Gasteiger charge is 2.36. The second-order valence-electron chi connectivity index (χ2n) is 6.97. The minimum absolute atomic E-state index is 0.179. The summed E-state index contributed by atoms with van der Waals surface area (Å²) in [4.78, 5) is 28.7. The number of carbonyl (C=O) groups excluding carboxylic acids is 2. The van der Waals surface area contributed by atoms with Crippen molar-refractivity contribution in [3.05, 3.63) is 0 Å². The highest BCUT2D eigenvalue weighted by molar-refractivity contribution is 5.85. The Hall–Kier alpha value is -1.06. The largest absolute Gasteiger partial charge is 0.338 e. The maximum Gasteiger partial charge on any atom is 0.242 e. The normalized spacial score (nSPS) is 30.8. The van der Waals surface area contributed by atoms with Crippen molar-refractivity contribution < 1.29 is 9.59 Å². The first-order chi connectivity index (χ1) is 10.3. The average Bonchev–Trinajstić information content (AvgIpc) is 2.71. The van der Waals surface area contributed by atoms with E-state index < -0.39 is 0 Å². The molecular weight excluding hydrogens is 264 g/mol. The van der Waals surface area contributed by atoms with E-state index in [-0.39, 0.29) is 11.8 Å². The molecule has 4 heteroatoms. The lowest BCUT2D eigenvalue weighted by Gasteiger charge is -2.44. The number of hydrogen-bond acceptors (Lipinski definition) is 2. The first kappa shape index (κ1) is 14.9. The number of likely N-dealkylation sites (tertiary alicyclic amines) is 2. The summed E-state index contributed by atoms with van der Waals surface area (Å²) in [6, 6.07) is 0.460. The first-order valence-corrected chi connectivity index (χ1v) is 8.83. The molecule has 2 atom stereocenters. The second-order valence-corrected chi connectivity index (χ2v) is 6.97. The molecule has 21 heavy (non-hydrogen) atoms. The molecule has 0 aromatic heterocycles. The zero-order valence-corrected chi connectivity index (χ0v) is 13.1. The molecule has 0 radical (unpaired) electrons. The fourth-order valence-electron chi connectivity index (χ4n) is 4.39. The third-order valence-electron chi connectivity index (χ3n) is 5.56. The first-order valence-electron chi connectivity index (χ1n) is 8.83. The molecule has 2 heterocycles. The molecule has 0 aromatic rings. The SMILES string of the molecule is O=C1CCCCCN1CC(=O)N1CCCC2CCCCC21. The van der Waals surface area contributed by atoms with Gasteiger partial charge >= 0.3 is 0 Å². The number of hydrogen-bond donors (Lipinski definition) is 0. The van der Waals surface area contributed by atoms with Crippen LogP contribution in [0.4, 0.5) is 0 Å². The molecule has 2 unspecified atom stereocenters. The van der Waals surface area contributed by atoms with Crippen LogP contribution in [0.5, 0.6) is 0 Å². The lowest BCUT2D eigenvalue weighted by Crippen LogP contribution is -2.53. The Morgan fingerprint density at radius 2 is 1.76 bits per heavy atom. The van der Waals surface area contributed by atoms with E-state index in [9.17, 15) is 9.59 Å². The summed E-state index contributed by atoms with van der Waals surface area (Å²) in [5.41, 5.74) is 0. The van der Waals surface area contributed by atoms with Gasteiger partial charge in [-0.1, -0.05) is 19.3 Å². The lowest BCUT2D eigenvalue weighted by molar-refractivity contribution is -0.144. The van der Waals surface area contributed by atoms with E-state index in [1.807, 2.05) is 4.90 Å². The number of nitrogens with zero attached hydrogens (tertiary/aromatic N) is 2. The van der Waals surface area contributed by atoms with Crippen LogP contribution in [-0.4, -0.2) is 47.3 Å². The summed E-state index contributed by atoms with van der Waals surface area (Å²) in [6.07, 6.45) is 11.2. The number of carbonyl (C=O) groups is 2. The Morgan fingerprint density at radius 1 is 0.952 bits per heavy atom. The third-order valence-corrected chi connectivity index (χ3v) is 5.56. The smallest absolute Gasteiger partial charge is 0.242 e. The van der Waals surface area contributed by atoms with Gasteiger partial charge in [0.25, 0.3) is 0 Å². The highest BCUT2D eigenvalue weighted by atomic mass is 16.2. The summed E-state index contributed by atoms with van der Waals surface area (Å²) in [6.45, 7) is 2.00. The Kier molecular flexibility index (Phi) is 4.81.